The highest BCUT2D eigenvalue weighted by Gasteiger charge is 2.16. The van der Waals surface area contributed by atoms with Crippen LogP contribution in [0.2, 0.25) is 0 Å². The van der Waals surface area contributed by atoms with Crippen LogP contribution in [0.4, 0.5) is 11.6 Å². The van der Waals surface area contributed by atoms with E-state index in [1.807, 2.05) is 12.1 Å². The first kappa shape index (κ1) is 11.4. The number of anilines is 2. The lowest BCUT2D eigenvalue weighted by Gasteiger charge is -2.15. The van der Waals surface area contributed by atoms with Crippen LogP contribution in [-0.2, 0) is 6.42 Å². The molecule has 7 heteroatoms. The number of nitrogens with one attached hydrogen (secondary N) is 2. The number of nitrogens with zero attached hydrogens (tertiary/aromatic N) is 2. The molecule has 2 aromatic rings. The normalized spacial score (nSPS) is 12.5. The average Bonchev–Trinajstić information content (AvgIpc) is 2.75. The maximum atomic E-state index is 5.78. The highest BCUT2D eigenvalue weighted by Crippen LogP contribution is 2.22. The largest absolute Gasteiger partial charge is 0.384 e. The van der Waals surface area contributed by atoms with Gasteiger partial charge in [0, 0.05) is 11.8 Å². The topological polar surface area (TPSA) is 132 Å². The number of H-pyrrole nitrogens is 1. The van der Waals surface area contributed by atoms with Crippen molar-refractivity contribution in [1.82, 2.24) is 20.6 Å². The number of aromatic amines is 1. The van der Waals surface area contributed by atoms with Crippen molar-refractivity contribution in [3.63, 3.8) is 0 Å². The second-order valence-corrected chi connectivity index (χ2v) is 3.71. The standard InChI is InChI=1S/C10H15N7/c11-9-6(2-1-3-14-9)4-8(16-13)7-5-15-17-10(7)12/h1-3,5,8,16H,4,13H2,(H2,11,14)(H3,12,15,17). The molecule has 90 valence electrons. The number of hydrogen-bond donors (Lipinski definition) is 5. The van der Waals surface area contributed by atoms with E-state index in [-0.39, 0.29) is 6.04 Å². The molecule has 0 saturated carbocycles. The number of hydrazine groups is 1. The summed E-state index contributed by atoms with van der Waals surface area (Å²) in [6, 6.07) is 3.58. The lowest BCUT2D eigenvalue weighted by Crippen LogP contribution is -2.30. The lowest BCUT2D eigenvalue weighted by atomic mass is 10.0. The molecule has 0 fully saturated rings. The van der Waals surface area contributed by atoms with Crippen molar-refractivity contribution in [1.29, 1.82) is 0 Å². The van der Waals surface area contributed by atoms with Crippen LogP contribution >= 0.6 is 0 Å². The molecule has 2 aromatic heterocycles. The van der Waals surface area contributed by atoms with Crippen molar-refractivity contribution in [2.75, 3.05) is 11.5 Å². The minimum Gasteiger partial charge on any atom is -0.384 e. The third-order valence-electron chi connectivity index (χ3n) is 2.63. The summed E-state index contributed by atoms with van der Waals surface area (Å²) in [6.45, 7) is 0. The van der Waals surface area contributed by atoms with Crippen LogP contribution in [0.25, 0.3) is 0 Å². The molecule has 0 aromatic carbocycles. The molecular formula is C10H15N7. The van der Waals surface area contributed by atoms with Crippen LogP contribution in [0.5, 0.6) is 0 Å². The van der Waals surface area contributed by atoms with Gasteiger partial charge in [-0.2, -0.15) is 5.10 Å². The molecule has 17 heavy (non-hydrogen) atoms. The Bertz CT molecular complexity index is 493. The fraction of sp³-hybridized carbons (Fsp3) is 0.200. The highest BCUT2D eigenvalue weighted by molar-refractivity contribution is 5.43. The molecule has 0 aliphatic heterocycles. The minimum absolute atomic E-state index is 0.153. The summed E-state index contributed by atoms with van der Waals surface area (Å²) in [4.78, 5) is 4.02. The van der Waals surface area contributed by atoms with E-state index in [2.05, 4.69) is 20.6 Å². The molecule has 0 aliphatic rings. The fourth-order valence-electron chi connectivity index (χ4n) is 1.69. The third kappa shape index (κ3) is 2.35. The molecular weight excluding hydrogens is 218 g/mol. The van der Waals surface area contributed by atoms with E-state index in [9.17, 15) is 0 Å². The number of nitrogen functional groups attached to an aromatic ring is 2. The van der Waals surface area contributed by atoms with Crippen molar-refractivity contribution in [2.24, 2.45) is 5.84 Å². The molecule has 2 heterocycles. The maximum Gasteiger partial charge on any atom is 0.126 e. The van der Waals surface area contributed by atoms with E-state index in [0.29, 0.717) is 18.1 Å². The van der Waals surface area contributed by atoms with Gasteiger partial charge in [-0.25, -0.2) is 4.98 Å². The van der Waals surface area contributed by atoms with Gasteiger partial charge in [-0.15, -0.1) is 0 Å². The first-order valence-electron chi connectivity index (χ1n) is 5.16. The maximum absolute atomic E-state index is 5.78. The van der Waals surface area contributed by atoms with Crippen molar-refractivity contribution in [3.8, 4) is 0 Å². The van der Waals surface area contributed by atoms with E-state index in [0.717, 1.165) is 11.1 Å². The van der Waals surface area contributed by atoms with E-state index in [1.165, 1.54) is 0 Å². The quantitative estimate of drug-likeness (QED) is 0.364. The molecule has 7 nitrogen and oxygen atoms in total. The lowest BCUT2D eigenvalue weighted by molar-refractivity contribution is 0.553. The zero-order chi connectivity index (χ0) is 12.3. The molecule has 0 amide bonds. The zero-order valence-electron chi connectivity index (χ0n) is 9.22. The minimum atomic E-state index is -0.153. The molecule has 0 aliphatic carbocycles. The van der Waals surface area contributed by atoms with Gasteiger partial charge in [0.1, 0.15) is 11.6 Å². The molecule has 1 atom stereocenters. The number of rotatable bonds is 4. The number of nitrogens with two attached hydrogens (primary N) is 3. The predicted octanol–water partition coefficient (Wildman–Crippen LogP) is -0.284. The zero-order valence-corrected chi connectivity index (χ0v) is 9.22. The third-order valence-corrected chi connectivity index (χ3v) is 2.63. The Morgan fingerprint density at radius 1 is 1.41 bits per heavy atom. The van der Waals surface area contributed by atoms with Gasteiger partial charge in [0.05, 0.1) is 12.2 Å². The van der Waals surface area contributed by atoms with Gasteiger partial charge in [-0.05, 0) is 18.1 Å². The van der Waals surface area contributed by atoms with Crippen LogP contribution in [-0.4, -0.2) is 15.2 Å². The van der Waals surface area contributed by atoms with Crippen molar-refractivity contribution < 1.29 is 0 Å². The number of hydrogen-bond acceptors (Lipinski definition) is 6. The van der Waals surface area contributed by atoms with E-state index in [1.54, 1.807) is 12.4 Å². The van der Waals surface area contributed by atoms with Crippen molar-refractivity contribution >= 4 is 11.6 Å². The van der Waals surface area contributed by atoms with Gasteiger partial charge in [-0.1, -0.05) is 6.07 Å². The van der Waals surface area contributed by atoms with Crippen LogP contribution in [0.15, 0.2) is 24.5 Å². The summed E-state index contributed by atoms with van der Waals surface area (Å²) in [6.07, 6.45) is 3.89. The van der Waals surface area contributed by atoms with Gasteiger partial charge >= 0.3 is 0 Å². The van der Waals surface area contributed by atoms with Gasteiger partial charge in [-0.3, -0.25) is 16.4 Å². The monoisotopic (exact) mass is 233 g/mol. The Morgan fingerprint density at radius 3 is 2.82 bits per heavy atom. The van der Waals surface area contributed by atoms with Gasteiger partial charge in [0.2, 0.25) is 0 Å². The van der Waals surface area contributed by atoms with Gasteiger partial charge in [0.25, 0.3) is 0 Å². The molecule has 0 radical (unpaired) electrons. The van der Waals surface area contributed by atoms with Gasteiger partial charge in [0.15, 0.2) is 0 Å². The summed E-state index contributed by atoms with van der Waals surface area (Å²) >= 11 is 0. The summed E-state index contributed by atoms with van der Waals surface area (Å²) in [5.41, 5.74) is 16.0. The molecule has 2 rings (SSSR count). The van der Waals surface area contributed by atoms with E-state index < -0.39 is 0 Å². The molecule has 8 N–H and O–H groups in total. The fourth-order valence-corrected chi connectivity index (χ4v) is 1.69. The second-order valence-electron chi connectivity index (χ2n) is 3.71. The predicted molar refractivity (Wildman–Crippen MR) is 65.4 cm³/mol. The second kappa shape index (κ2) is 4.81. The molecule has 0 spiro atoms. The molecule has 0 bridgehead atoms. The summed E-state index contributed by atoms with van der Waals surface area (Å²) in [7, 11) is 0. The smallest absolute Gasteiger partial charge is 0.126 e. The van der Waals surface area contributed by atoms with Crippen LogP contribution in [0, 0.1) is 0 Å². The van der Waals surface area contributed by atoms with E-state index >= 15 is 0 Å². The average molecular weight is 233 g/mol. The highest BCUT2D eigenvalue weighted by atomic mass is 15.2. The van der Waals surface area contributed by atoms with Crippen LogP contribution in [0.1, 0.15) is 17.2 Å². The Kier molecular flexibility index (Phi) is 3.22. The number of pyridine rings is 1. The van der Waals surface area contributed by atoms with Crippen molar-refractivity contribution in [3.05, 3.63) is 35.7 Å². The Labute approximate surface area is 98.4 Å². The Morgan fingerprint density at radius 2 is 2.24 bits per heavy atom. The van der Waals surface area contributed by atoms with Gasteiger partial charge < -0.3 is 11.5 Å². The summed E-state index contributed by atoms with van der Waals surface area (Å²) in [5.74, 6) is 6.51. The van der Waals surface area contributed by atoms with E-state index in [4.69, 9.17) is 17.3 Å². The van der Waals surface area contributed by atoms with Crippen LogP contribution < -0.4 is 22.7 Å². The first-order valence-corrected chi connectivity index (χ1v) is 5.16. The SMILES string of the molecule is NNC(Cc1cccnc1N)c1cn[nH]c1N. The summed E-state index contributed by atoms with van der Waals surface area (Å²) < 4.78 is 0. The molecule has 1 unspecified atom stereocenters. The number of aromatic nitrogens is 3. The van der Waals surface area contributed by atoms with Crippen LogP contribution in [0.3, 0.4) is 0 Å². The molecule has 0 saturated heterocycles. The summed E-state index contributed by atoms with van der Waals surface area (Å²) in [5, 5.41) is 6.53. The van der Waals surface area contributed by atoms with Crippen molar-refractivity contribution in [2.45, 2.75) is 12.5 Å². The Balaban J connectivity index is 2.22. The first-order chi connectivity index (χ1) is 8.22. The Hall–Kier alpha value is -2.12.